The molecule has 1 amide bonds. The number of thioether (sulfide) groups is 1. The highest BCUT2D eigenvalue weighted by molar-refractivity contribution is 8.26. The number of hydrogen-bond acceptors (Lipinski definition) is 5. The highest BCUT2D eigenvalue weighted by Crippen LogP contribution is 2.34. The SMILES string of the molecule is CCN1C(=O)C(=Cc2ccc(OCc3ccccc3)c(OC)c2)SC1=S. The predicted molar refractivity (Wildman–Crippen MR) is 109 cm³/mol. The fourth-order valence-corrected chi connectivity index (χ4v) is 3.94. The molecule has 0 radical (unpaired) electrons. The second kappa shape index (κ2) is 8.38. The molecule has 2 aromatic carbocycles. The standard InChI is InChI=1S/C20H19NO3S2/c1-3-21-19(22)18(26-20(21)25)12-15-9-10-16(17(11-15)23-2)24-13-14-7-5-4-6-8-14/h4-12H,3,13H2,1-2H3. The third-order valence-corrected chi connectivity index (χ3v) is 5.29. The van der Waals surface area contributed by atoms with Crippen LogP contribution in [0.4, 0.5) is 0 Å². The molecule has 1 aliphatic rings. The van der Waals surface area contributed by atoms with Gasteiger partial charge < -0.3 is 9.47 Å². The Morgan fingerprint density at radius 3 is 2.58 bits per heavy atom. The molecule has 0 aromatic heterocycles. The minimum atomic E-state index is -0.0501. The van der Waals surface area contributed by atoms with Crippen LogP contribution in [0, 0.1) is 0 Å². The van der Waals surface area contributed by atoms with Gasteiger partial charge in [0.05, 0.1) is 12.0 Å². The summed E-state index contributed by atoms with van der Waals surface area (Å²) in [6.45, 7) is 2.96. The summed E-state index contributed by atoms with van der Waals surface area (Å²) in [6.07, 6.45) is 1.83. The smallest absolute Gasteiger partial charge is 0.266 e. The van der Waals surface area contributed by atoms with E-state index in [1.54, 1.807) is 12.0 Å². The van der Waals surface area contributed by atoms with Crippen LogP contribution in [0.5, 0.6) is 11.5 Å². The number of rotatable bonds is 6. The Labute approximate surface area is 162 Å². The van der Waals surface area contributed by atoms with E-state index in [0.29, 0.717) is 33.9 Å². The zero-order chi connectivity index (χ0) is 18.5. The molecule has 2 aromatic rings. The summed E-state index contributed by atoms with van der Waals surface area (Å²) in [5.41, 5.74) is 1.95. The number of nitrogens with zero attached hydrogens (tertiary/aromatic N) is 1. The molecule has 0 N–H and O–H groups in total. The summed E-state index contributed by atoms with van der Waals surface area (Å²) < 4.78 is 11.9. The summed E-state index contributed by atoms with van der Waals surface area (Å²) in [5.74, 6) is 1.24. The van der Waals surface area contributed by atoms with E-state index in [1.807, 2.05) is 61.5 Å². The molecule has 0 saturated carbocycles. The minimum absolute atomic E-state index is 0.0501. The molecule has 4 nitrogen and oxygen atoms in total. The van der Waals surface area contributed by atoms with Gasteiger partial charge in [-0.05, 0) is 36.3 Å². The fraction of sp³-hybridized carbons (Fsp3) is 0.200. The minimum Gasteiger partial charge on any atom is -0.493 e. The van der Waals surface area contributed by atoms with Crippen LogP contribution < -0.4 is 9.47 Å². The van der Waals surface area contributed by atoms with E-state index in [1.165, 1.54) is 11.8 Å². The van der Waals surface area contributed by atoms with Crippen molar-refractivity contribution in [3.63, 3.8) is 0 Å². The molecule has 6 heteroatoms. The fourth-order valence-electron chi connectivity index (χ4n) is 2.55. The van der Waals surface area contributed by atoms with Gasteiger partial charge in [0.25, 0.3) is 5.91 Å². The van der Waals surface area contributed by atoms with Crippen molar-refractivity contribution in [2.45, 2.75) is 13.5 Å². The summed E-state index contributed by atoms with van der Waals surface area (Å²) in [6, 6.07) is 15.6. The van der Waals surface area contributed by atoms with Crippen molar-refractivity contribution in [2.75, 3.05) is 13.7 Å². The van der Waals surface area contributed by atoms with E-state index < -0.39 is 0 Å². The van der Waals surface area contributed by atoms with Crippen LogP contribution in [0.2, 0.25) is 0 Å². The number of thiocarbonyl (C=S) groups is 1. The predicted octanol–water partition coefficient (Wildman–Crippen LogP) is 4.50. The van der Waals surface area contributed by atoms with Gasteiger partial charge in [0, 0.05) is 6.54 Å². The Morgan fingerprint density at radius 2 is 1.92 bits per heavy atom. The number of methoxy groups -OCH3 is 1. The van der Waals surface area contributed by atoms with Gasteiger partial charge in [0.1, 0.15) is 10.9 Å². The zero-order valence-corrected chi connectivity index (χ0v) is 16.2. The molecular formula is C20H19NO3S2. The van der Waals surface area contributed by atoms with Crippen molar-refractivity contribution in [1.29, 1.82) is 0 Å². The van der Waals surface area contributed by atoms with Gasteiger partial charge in [-0.3, -0.25) is 9.69 Å². The molecule has 1 heterocycles. The monoisotopic (exact) mass is 385 g/mol. The molecule has 0 bridgehead atoms. The first kappa shape index (κ1) is 18.5. The van der Waals surface area contributed by atoms with Crippen LogP contribution in [-0.4, -0.2) is 28.8 Å². The van der Waals surface area contributed by atoms with Gasteiger partial charge in [-0.25, -0.2) is 0 Å². The Bertz CT molecular complexity index is 849. The number of carbonyl (C=O) groups is 1. The molecule has 134 valence electrons. The van der Waals surface area contributed by atoms with Crippen LogP contribution in [-0.2, 0) is 11.4 Å². The number of likely N-dealkylation sites (N-methyl/N-ethyl adjacent to an activating group) is 1. The van der Waals surface area contributed by atoms with Crippen molar-refractivity contribution in [3.8, 4) is 11.5 Å². The van der Waals surface area contributed by atoms with E-state index in [2.05, 4.69) is 0 Å². The van der Waals surface area contributed by atoms with Crippen LogP contribution >= 0.6 is 24.0 Å². The lowest BCUT2D eigenvalue weighted by Crippen LogP contribution is -2.27. The lowest BCUT2D eigenvalue weighted by atomic mass is 10.1. The van der Waals surface area contributed by atoms with Crippen molar-refractivity contribution in [1.82, 2.24) is 4.90 Å². The highest BCUT2D eigenvalue weighted by atomic mass is 32.2. The maximum atomic E-state index is 12.3. The summed E-state index contributed by atoms with van der Waals surface area (Å²) in [5, 5.41) is 0. The van der Waals surface area contributed by atoms with Crippen molar-refractivity contribution < 1.29 is 14.3 Å². The lowest BCUT2D eigenvalue weighted by molar-refractivity contribution is -0.121. The van der Waals surface area contributed by atoms with E-state index >= 15 is 0 Å². The number of hydrogen-bond donors (Lipinski definition) is 0. The molecule has 3 rings (SSSR count). The second-order valence-electron chi connectivity index (χ2n) is 5.61. The normalized spacial score (nSPS) is 15.6. The summed E-state index contributed by atoms with van der Waals surface area (Å²) >= 11 is 6.57. The molecule has 0 atom stereocenters. The zero-order valence-electron chi connectivity index (χ0n) is 14.6. The Balaban J connectivity index is 1.77. The molecule has 26 heavy (non-hydrogen) atoms. The second-order valence-corrected chi connectivity index (χ2v) is 7.29. The molecule has 0 spiro atoms. The molecule has 1 fully saturated rings. The Kier molecular flexibility index (Phi) is 5.96. The quantitative estimate of drug-likeness (QED) is 0.541. The molecule has 0 aliphatic carbocycles. The number of benzene rings is 2. The van der Waals surface area contributed by atoms with Crippen molar-refractivity contribution in [3.05, 3.63) is 64.6 Å². The first-order valence-electron chi connectivity index (χ1n) is 8.22. The molecular weight excluding hydrogens is 366 g/mol. The first-order valence-corrected chi connectivity index (χ1v) is 9.45. The van der Waals surface area contributed by atoms with Gasteiger partial charge in [-0.1, -0.05) is 60.4 Å². The lowest BCUT2D eigenvalue weighted by Gasteiger charge is -2.12. The third-order valence-electron chi connectivity index (χ3n) is 3.91. The highest BCUT2D eigenvalue weighted by Gasteiger charge is 2.30. The van der Waals surface area contributed by atoms with Gasteiger partial charge in [0.2, 0.25) is 0 Å². The number of carbonyl (C=O) groups excluding carboxylic acids is 1. The van der Waals surface area contributed by atoms with E-state index in [-0.39, 0.29) is 5.91 Å². The third kappa shape index (κ3) is 4.08. The van der Waals surface area contributed by atoms with Crippen LogP contribution in [0.1, 0.15) is 18.1 Å². The molecule has 1 aliphatic heterocycles. The van der Waals surface area contributed by atoms with Gasteiger partial charge in [-0.15, -0.1) is 0 Å². The largest absolute Gasteiger partial charge is 0.493 e. The Morgan fingerprint density at radius 1 is 1.15 bits per heavy atom. The van der Waals surface area contributed by atoms with Crippen molar-refractivity contribution in [2.24, 2.45) is 0 Å². The van der Waals surface area contributed by atoms with Gasteiger partial charge in [0.15, 0.2) is 11.5 Å². The van der Waals surface area contributed by atoms with Crippen LogP contribution in [0.25, 0.3) is 6.08 Å². The number of ether oxygens (including phenoxy) is 2. The topological polar surface area (TPSA) is 38.8 Å². The van der Waals surface area contributed by atoms with Crippen LogP contribution in [0.3, 0.4) is 0 Å². The summed E-state index contributed by atoms with van der Waals surface area (Å²) in [7, 11) is 1.60. The molecule has 0 unspecified atom stereocenters. The average molecular weight is 386 g/mol. The van der Waals surface area contributed by atoms with Crippen LogP contribution in [0.15, 0.2) is 53.4 Å². The molecule has 1 saturated heterocycles. The van der Waals surface area contributed by atoms with E-state index in [0.717, 1.165) is 11.1 Å². The van der Waals surface area contributed by atoms with Gasteiger partial charge in [-0.2, -0.15) is 0 Å². The van der Waals surface area contributed by atoms with E-state index in [9.17, 15) is 4.79 Å². The average Bonchev–Trinajstić information content (AvgIpc) is 2.94. The first-order chi connectivity index (χ1) is 12.6. The van der Waals surface area contributed by atoms with E-state index in [4.69, 9.17) is 21.7 Å². The Hall–Kier alpha value is -2.31. The maximum Gasteiger partial charge on any atom is 0.266 e. The maximum absolute atomic E-state index is 12.3. The van der Waals surface area contributed by atoms with Gasteiger partial charge >= 0.3 is 0 Å². The summed E-state index contributed by atoms with van der Waals surface area (Å²) in [4.78, 5) is 14.5. The van der Waals surface area contributed by atoms with Crippen molar-refractivity contribution >= 4 is 40.3 Å². The number of amides is 1.